The first kappa shape index (κ1) is 11.0. The molecule has 4 nitrogen and oxygen atoms in total. The van der Waals surface area contributed by atoms with Crippen LogP contribution in [0, 0.1) is 6.92 Å². The highest BCUT2D eigenvalue weighted by Crippen LogP contribution is 2.22. The summed E-state index contributed by atoms with van der Waals surface area (Å²) in [5.74, 6) is 2.12. The normalized spacial score (nSPS) is 12.4. The van der Waals surface area contributed by atoms with Crippen molar-refractivity contribution in [3.8, 4) is 5.75 Å². The molecule has 16 heavy (non-hydrogen) atoms. The number of halogens is 1. The van der Waals surface area contributed by atoms with Crippen LogP contribution in [0.15, 0.2) is 24.3 Å². The lowest BCUT2D eigenvalue weighted by Crippen LogP contribution is -2.05. The van der Waals surface area contributed by atoms with Crippen molar-refractivity contribution >= 4 is 11.6 Å². The summed E-state index contributed by atoms with van der Waals surface area (Å²) < 4.78 is 5.67. The van der Waals surface area contributed by atoms with E-state index < -0.39 is 0 Å². The molecule has 0 amide bonds. The third kappa shape index (κ3) is 2.52. The van der Waals surface area contributed by atoms with E-state index in [0.29, 0.717) is 16.6 Å². The molecular weight excluding hydrogens is 226 g/mol. The number of H-pyrrole nitrogens is 1. The average molecular weight is 238 g/mol. The Morgan fingerprint density at radius 2 is 2.25 bits per heavy atom. The van der Waals surface area contributed by atoms with E-state index in [2.05, 4.69) is 15.2 Å². The molecule has 0 fully saturated rings. The highest BCUT2D eigenvalue weighted by Gasteiger charge is 2.12. The number of hydrogen-bond acceptors (Lipinski definition) is 3. The molecule has 0 bridgehead atoms. The van der Waals surface area contributed by atoms with Crippen LogP contribution in [-0.2, 0) is 0 Å². The predicted octanol–water partition coefficient (Wildman–Crippen LogP) is 2.91. The van der Waals surface area contributed by atoms with E-state index >= 15 is 0 Å². The lowest BCUT2D eigenvalue weighted by molar-refractivity contribution is 0.217. The second kappa shape index (κ2) is 4.53. The summed E-state index contributed by atoms with van der Waals surface area (Å²) in [4.78, 5) is 4.20. The minimum absolute atomic E-state index is 0.205. The molecule has 0 saturated carbocycles. The standard InChI is InChI=1S/C11H12ClN3O/c1-7(11-13-8(2)14-15-11)16-10-5-3-4-9(12)6-10/h3-7H,1-2H3,(H,13,14,15)/t7-/m1/s1. The number of nitrogens with one attached hydrogen (secondary N) is 1. The fourth-order valence-corrected chi connectivity index (χ4v) is 1.52. The molecule has 0 aliphatic rings. The molecule has 1 atom stereocenters. The minimum atomic E-state index is -0.205. The Kier molecular flexibility index (Phi) is 3.10. The zero-order valence-corrected chi connectivity index (χ0v) is 9.82. The molecule has 2 rings (SSSR count). The van der Waals surface area contributed by atoms with Crippen molar-refractivity contribution in [2.24, 2.45) is 0 Å². The summed E-state index contributed by atoms with van der Waals surface area (Å²) in [6, 6.07) is 7.25. The first-order valence-electron chi connectivity index (χ1n) is 4.96. The van der Waals surface area contributed by atoms with Gasteiger partial charge in [-0.1, -0.05) is 17.7 Å². The zero-order chi connectivity index (χ0) is 11.5. The summed E-state index contributed by atoms with van der Waals surface area (Å²) >= 11 is 5.86. The Labute approximate surface area is 98.6 Å². The van der Waals surface area contributed by atoms with Crippen molar-refractivity contribution in [3.63, 3.8) is 0 Å². The highest BCUT2D eigenvalue weighted by molar-refractivity contribution is 6.30. The third-order valence-electron chi connectivity index (χ3n) is 2.09. The maximum Gasteiger partial charge on any atom is 0.191 e. The van der Waals surface area contributed by atoms with Gasteiger partial charge in [-0.15, -0.1) is 0 Å². The van der Waals surface area contributed by atoms with Crippen LogP contribution in [0.2, 0.25) is 5.02 Å². The Morgan fingerprint density at radius 3 is 2.88 bits per heavy atom. The molecule has 0 radical (unpaired) electrons. The van der Waals surface area contributed by atoms with Crippen LogP contribution in [-0.4, -0.2) is 15.2 Å². The third-order valence-corrected chi connectivity index (χ3v) is 2.32. The van der Waals surface area contributed by atoms with E-state index in [9.17, 15) is 0 Å². The van der Waals surface area contributed by atoms with Gasteiger partial charge in [-0.2, -0.15) is 5.10 Å². The summed E-state index contributed by atoms with van der Waals surface area (Å²) in [5, 5.41) is 7.47. The number of aromatic amines is 1. The number of aryl methyl sites for hydroxylation is 1. The van der Waals surface area contributed by atoms with Crippen molar-refractivity contribution in [1.82, 2.24) is 15.2 Å². The van der Waals surface area contributed by atoms with Gasteiger partial charge in [-0.3, -0.25) is 5.10 Å². The summed E-state index contributed by atoms with van der Waals surface area (Å²) in [5.41, 5.74) is 0. The first-order chi connectivity index (χ1) is 7.65. The van der Waals surface area contributed by atoms with Gasteiger partial charge in [0, 0.05) is 5.02 Å². The smallest absolute Gasteiger partial charge is 0.191 e. The van der Waals surface area contributed by atoms with Gasteiger partial charge in [0.1, 0.15) is 11.6 Å². The minimum Gasteiger partial charge on any atom is -0.483 e. The van der Waals surface area contributed by atoms with Crippen molar-refractivity contribution in [1.29, 1.82) is 0 Å². The van der Waals surface area contributed by atoms with Crippen molar-refractivity contribution in [2.75, 3.05) is 0 Å². The number of rotatable bonds is 3. The van der Waals surface area contributed by atoms with Gasteiger partial charge in [-0.05, 0) is 32.0 Å². The number of nitrogens with zero attached hydrogens (tertiary/aromatic N) is 2. The topological polar surface area (TPSA) is 50.8 Å². The van der Waals surface area contributed by atoms with Crippen LogP contribution in [0.3, 0.4) is 0 Å². The Balaban J connectivity index is 2.10. The van der Waals surface area contributed by atoms with Crippen molar-refractivity contribution < 1.29 is 4.74 Å². The monoisotopic (exact) mass is 237 g/mol. The average Bonchev–Trinajstić information content (AvgIpc) is 2.65. The van der Waals surface area contributed by atoms with Gasteiger partial charge in [0.05, 0.1) is 0 Å². The van der Waals surface area contributed by atoms with Gasteiger partial charge in [0.15, 0.2) is 11.9 Å². The molecule has 0 aliphatic carbocycles. The van der Waals surface area contributed by atoms with Crippen LogP contribution < -0.4 is 4.74 Å². The number of ether oxygens (including phenoxy) is 1. The van der Waals surface area contributed by atoms with Crippen molar-refractivity contribution in [3.05, 3.63) is 40.9 Å². The van der Waals surface area contributed by atoms with Crippen LogP contribution in [0.1, 0.15) is 24.7 Å². The molecular formula is C11H12ClN3O. The fourth-order valence-electron chi connectivity index (χ4n) is 1.34. The second-order valence-electron chi connectivity index (χ2n) is 3.50. The highest BCUT2D eigenvalue weighted by atomic mass is 35.5. The molecule has 0 unspecified atom stereocenters. The molecule has 0 aliphatic heterocycles. The molecule has 0 spiro atoms. The van der Waals surface area contributed by atoms with Crippen LogP contribution in [0.4, 0.5) is 0 Å². The largest absolute Gasteiger partial charge is 0.483 e. The van der Waals surface area contributed by atoms with E-state index in [1.165, 1.54) is 0 Å². The van der Waals surface area contributed by atoms with Gasteiger partial charge in [-0.25, -0.2) is 4.98 Å². The lowest BCUT2D eigenvalue weighted by atomic mass is 10.3. The Morgan fingerprint density at radius 1 is 1.44 bits per heavy atom. The summed E-state index contributed by atoms with van der Waals surface area (Å²) in [6.45, 7) is 3.74. The van der Waals surface area contributed by atoms with Gasteiger partial charge < -0.3 is 4.74 Å². The number of benzene rings is 1. The maximum atomic E-state index is 5.86. The Bertz CT molecular complexity index is 484. The number of aromatic nitrogens is 3. The van der Waals surface area contributed by atoms with Crippen LogP contribution in [0.5, 0.6) is 5.75 Å². The molecule has 2 aromatic rings. The molecule has 1 aromatic heterocycles. The van der Waals surface area contributed by atoms with Crippen LogP contribution >= 0.6 is 11.6 Å². The fraction of sp³-hybridized carbons (Fsp3) is 0.273. The Hall–Kier alpha value is -1.55. The van der Waals surface area contributed by atoms with E-state index in [4.69, 9.17) is 16.3 Å². The molecule has 84 valence electrons. The van der Waals surface area contributed by atoms with E-state index in [1.807, 2.05) is 26.0 Å². The second-order valence-corrected chi connectivity index (χ2v) is 3.93. The van der Waals surface area contributed by atoms with Gasteiger partial charge >= 0.3 is 0 Å². The molecule has 1 aromatic carbocycles. The summed E-state index contributed by atoms with van der Waals surface area (Å²) in [6.07, 6.45) is -0.205. The quantitative estimate of drug-likeness (QED) is 0.893. The SMILES string of the molecule is Cc1nc([C@@H](C)Oc2cccc(Cl)c2)n[nH]1. The number of hydrogen-bond donors (Lipinski definition) is 1. The maximum absolute atomic E-state index is 5.86. The molecule has 1 N–H and O–H groups in total. The van der Waals surface area contributed by atoms with E-state index in [-0.39, 0.29) is 6.10 Å². The molecule has 5 heteroatoms. The molecule has 1 heterocycles. The van der Waals surface area contributed by atoms with E-state index in [1.54, 1.807) is 12.1 Å². The summed E-state index contributed by atoms with van der Waals surface area (Å²) in [7, 11) is 0. The van der Waals surface area contributed by atoms with Gasteiger partial charge in [0.25, 0.3) is 0 Å². The molecule has 0 saturated heterocycles. The predicted molar refractivity (Wildman–Crippen MR) is 61.6 cm³/mol. The first-order valence-corrected chi connectivity index (χ1v) is 5.34. The van der Waals surface area contributed by atoms with Crippen LogP contribution in [0.25, 0.3) is 0 Å². The zero-order valence-electron chi connectivity index (χ0n) is 9.07. The van der Waals surface area contributed by atoms with Crippen molar-refractivity contribution in [2.45, 2.75) is 20.0 Å². The van der Waals surface area contributed by atoms with E-state index in [0.717, 1.165) is 5.82 Å². The lowest BCUT2D eigenvalue weighted by Gasteiger charge is -2.11. The van der Waals surface area contributed by atoms with Gasteiger partial charge in [0.2, 0.25) is 0 Å².